The van der Waals surface area contributed by atoms with Crippen LogP contribution in [0.1, 0.15) is 34.0 Å². The third-order valence-electron chi connectivity index (χ3n) is 4.77. The van der Waals surface area contributed by atoms with Gasteiger partial charge >= 0.3 is 5.97 Å². The Hall–Kier alpha value is -2.38. The van der Waals surface area contributed by atoms with Crippen LogP contribution >= 0.6 is 0 Å². The highest BCUT2D eigenvalue weighted by Gasteiger charge is 2.30. The molecule has 7 nitrogen and oxygen atoms in total. The second kappa shape index (κ2) is 7.88. The molecule has 140 valence electrons. The molecule has 1 unspecified atom stereocenters. The lowest BCUT2D eigenvalue weighted by Gasteiger charge is -2.42. The molecule has 7 heteroatoms. The summed E-state index contributed by atoms with van der Waals surface area (Å²) in [6, 6.07) is 7.35. The number of aliphatic hydroxyl groups is 1. The molecule has 0 bridgehead atoms. The zero-order chi connectivity index (χ0) is 18.7. The normalized spacial score (nSPS) is 18.3. The van der Waals surface area contributed by atoms with E-state index in [0.29, 0.717) is 31.9 Å². The highest BCUT2D eigenvalue weighted by atomic mass is 16.4. The summed E-state index contributed by atoms with van der Waals surface area (Å²) in [5.74, 6) is 1.32. The summed E-state index contributed by atoms with van der Waals surface area (Å²) < 4.78 is 5.68. The molecule has 0 spiro atoms. The average Bonchev–Trinajstić information content (AvgIpc) is 3.01. The average molecular weight is 359 g/mol. The van der Waals surface area contributed by atoms with Crippen LogP contribution in [-0.2, 0) is 6.54 Å². The summed E-state index contributed by atoms with van der Waals surface area (Å²) in [6.07, 6.45) is 0.615. The predicted molar refractivity (Wildman–Crippen MR) is 97.5 cm³/mol. The quantitative estimate of drug-likeness (QED) is 0.816. The predicted octanol–water partition coefficient (Wildman–Crippen LogP) is 2.06. The SMILES string of the molecule is Cc1ccc(C(=O)O)c(N2CCN(Cc3ccc(C)o3)C(CCO)C2)n1. The van der Waals surface area contributed by atoms with Crippen molar-refractivity contribution in [1.29, 1.82) is 0 Å². The first-order chi connectivity index (χ1) is 12.5. The van der Waals surface area contributed by atoms with E-state index >= 15 is 0 Å². The smallest absolute Gasteiger partial charge is 0.339 e. The first kappa shape index (κ1) is 18.4. The number of anilines is 1. The van der Waals surface area contributed by atoms with Gasteiger partial charge in [-0.25, -0.2) is 9.78 Å². The Morgan fingerprint density at radius 2 is 2.08 bits per heavy atom. The Balaban J connectivity index is 1.79. The van der Waals surface area contributed by atoms with Gasteiger partial charge in [0.2, 0.25) is 0 Å². The summed E-state index contributed by atoms with van der Waals surface area (Å²) in [5, 5.41) is 18.9. The number of aliphatic hydroxyl groups excluding tert-OH is 1. The van der Waals surface area contributed by atoms with Gasteiger partial charge in [0.1, 0.15) is 22.9 Å². The van der Waals surface area contributed by atoms with Gasteiger partial charge in [0, 0.05) is 38.0 Å². The molecule has 1 saturated heterocycles. The van der Waals surface area contributed by atoms with Crippen LogP contribution in [0.4, 0.5) is 5.82 Å². The number of pyridine rings is 1. The van der Waals surface area contributed by atoms with Crippen LogP contribution in [-0.4, -0.2) is 58.3 Å². The van der Waals surface area contributed by atoms with Crippen molar-refractivity contribution in [3.05, 3.63) is 47.0 Å². The topological polar surface area (TPSA) is 90.0 Å². The summed E-state index contributed by atoms with van der Waals surface area (Å²) in [6.45, 7) is 6.59. The summed E-state index contributed by atoms with van der Waals surface area (Å²) in [4.78, 5) is 20.3. The zero-order valence-electron chi connectivity index (χ0n) is 15.2. The van der Waals surface area contributed by atoms with Gasteiger partial charge < -0.3 is 19.5 Å². The Bertz CT molecular complexity index is 774. The molecular formula is C19H25N3O4. The standard InChI is InChI=1S/C19H25N3O4/c1-13-3-6-17(19(24)25)18(20-13)22-9-8-21(15(11-22)7-10-23)12-16-5-4-14(2)26-16/h3-6,15,23H,7-12H2,1-2H3,(H,24,25). The lowest BCUT2D eigenvalue weighted by atomic mass is 10.1. The van der Waals surface area contributed by atoms with E-state index in [1.165, 1.54) is 0 Å². The van der Waals surface area contributed by atoms with Gasteiger partial charge in [-0.05, 0) is 44.5 Å². The molecule has 1 aliphatic rings. The molecule has 1 atom stereocenters. The van der Waals surface area contributed by atoms with E-state index in [1.54, 1.807) is 12.1 Å². The second-order valence-corrected chi connectivity index (χ2v) is 6.72. The van der Waals surface area contributed by atoms with Crippen LogP contribution in [0.15, 0.2) is 28.7 Å². The Morgan fingerprint density at radius 1 is 1.27 bits per heavy atom. The number of aromatic carboxylic acids is 1. The van der Waals surface area contributed by atoms with Gasteiger partial charge in [-0.15, -0.1) is 0 Å². The van der Waals surface area contributed by atoms with Crippen molar-refractivity contribution in [3.63, 3.8) is 0 Å². The van der Waals surface area contributed by atoms with Crippen molar-refractivity contribution in [1.82, 2.24) is 9.88 Å². The number of hydrogen-bond acceptors (Lipinski definition) is 6. The third kappa shape index (κ3) is 4.05. The molecule has 2 aromatic rings. The molecule has 1 aliphatic heterocycles. The third-order valence-corrected chi connectivity index (χ3v) is 4.77. The van der Waals surface area contributed by atoms with Crippen molar-refractivity contribution in [3.8, 4) is 0 Å². The van der Waals surface area contributed by atoms with E-state index in [2.05, 4.69) is 9.88 Å². The van der Waals surface area contributed by atoms with Crippen molar-refractivity contribution < 1.29 is 19.4 Å². The van der Waals surface area contributed by atoms with Crippen molar-refractivity contribution in [2.45, 2.75) is 32.9 Å². The molecular weight excluding hydrogens is 334 g/mol. The Morgan fingerprint density at radius 3 is 2.73 bits per heavy atom. The van der Waals surface area contributed by atoms with E-state index in [1.807, 2.05) is 30.9 Å². The van der Waals surface area contributed by atoms with E-state index < -0.39 is 5.97 Å². The minimum atomic E-state index is -0.973. The minimum absolute atomic E-state index is 0.0826. The maximum atomic E-state index is 11.6. The molecule has 1 fully saturated rings. The van der Waals surface area contributed by atoms with Crippen molar-refractivity contribution in [2.75, 3.05) is 31.1 Å². The molecule has 0 aliphatic carbocycles. The van der Waals surface area contributed by atoms with Crippen LogP contribution in [0.5, 0.6) is 0 Å². The number of piperazine rings is 1. The van der Waals surface area contributed by atoms with Gasteiger partial charge in [-0.1, -0.05) is 0 Å². The van der Waals surface area contributed by atoms with Crippen molar-refractivity contribution in [2.24, 2.45) is 0 Å². The van der Waals surface area contributed by atoms with Gasteiger partial charge in [0.25, 0.3) is 0 Å². The molecule has 26 heavy (non-hydrogen) atoms. The van der Waals surface area contributed by atoms with Crippen LogP contribution < -0.4 is 4.90 Å². The highest BCUT2D eigenvalue weighted by molar-refractivity contribution is 5.93. The summed E-state index contributed by atoms with van der Waals surface area (Å²) >= 11 is 0. The largest absolute Gasteiger partial charge is 0.478 e. The molecule has 2 N–H and O–H groups in total. The second-order valence-electron chi connectivity index (χ2n) is 6.72. The van der Waals surface area contributed by atoms with E-state index in [-0.39, 0.29) is 18.2 Å². The lowest BCUT2D eigenvalue weighted by molar-refractivity contribution is 0.0696. The Kier molecular flexibility index (Phi) is 5.58. The minimum Gasteiger partial charge on any atom is -0.478 e. The Labute approximate surface area is 152 Å². The molecule has 2 aromatic heterocycles. The van der Waals surface area contributed by atoms with E-state index in [0.717, 1.165) is 23.8 Å². The first-order valence-corrected chi connectivity index (χ1v) is 8.84. The van der Waals surface area contributed by atoms with Gasteiger partial charge in [0.05, 0.1) is 6.54 Å². The molecule has 0 aromatic carbocycles. The van der Waals surface area contributed by atoms with Gasteiger partial charge in [-0.3, -0.25) is 4.90 Å². The fourth-order valence-corrected chi connectivity index (χ4v) is 3.44. The van der Waals surface area contributed by atoms with E-state index in [4.69, 9.17) is 4.42 Å². The highest BCUT2D eigenvalue weighted by Crippen LogP contribution is 2.24. The summed E-state index contributed by atoms with van der Waals surface area (Å²) in [7, 11) is 0. The van der Waals surface area contributed by atoms with Crippen LogP contribution in [0.25, 0.3) is 0 Å². The number of carbonyl (C=O) groups is 1. The molecule has 0 amide bonds. The van der Waals surface area contributed by atoms with E-state index in [9.17, 15) is 15.0 Å². The van der Waals surface area contributed by atoms with Crippen molar-refractivity contribution >= 4 is 11.8 Å². The number of carboxylic acid groups (broad SMARTS) is 1. The number of rotatable bonds is 6. The maximum absolute atomic E-state index is 11.6. The molecule has 0 radical (unpaired) electrons. The summed E-state index contributed by atoms with van der Waals surface area (Å²) in [5.41, 5.74) is 1.01. The van der Waals surface area contributed by atoms with Crippen LogP contribution in [0.2, 0.25) is 0 Å². The molecule has 3 rings (SSSR count). The number of hydrogen-bond donors (Lipinski definition) is 2. The fraction of sp³-hybridized carbons (Fsp3) is 0.474. The maximum Gasteiger partial charge on any atom is 0.339 e. The number of carboxylic acids is 1. The number of furan rings is 1. The zero-order valence-corrected chi connectivity index (χ0v) is 15.2. The van der Waals surface area contributed by atoms with Gasteiger partial charge in [0.15, 0.2) is 0 Å². The van der Waals surface area contributed by atoms with Gasteiger partial charge in [-0.2, -0.15) is 0 Å². The fourth-order valence-electron chi connectivity index (χ4n) is 3.44. The number of aryl methyl sites for hydroxylation is 2. The number of nitrogens with zero attached hydrogens (tertiary/aromatic N) is 3. The van der Waals surface area contributed by atoms with Crippen LogP contribution in [0.3, 0.4) is 0 Å². The molecule has 3 heterocycles. The lowest BCUT2D eigenvalue weighted by Crippen LogP contribution is -2.53. The number of aromatic nitrogens is 1. The van der Waals surface area contributed by atoms with Crippen LogP contribution in [0, 0.1) is 13.8 Å². The molecule has 0 saturated carbocycles. The monoisotopic (exact) mass is 359 g/mol. The first-order valence-electron chi connectivity index (χ1n) is 8.84.